The lowest BCUT2D eigenvalue weighted by atomic mass is 10.1. The third-order valence-corrected chi connectivity index (χ3v) is 3.98. The predicted molar refractivity (Wildman–Crippen MR) is 76.4 cm³/mol. The van der Waals surface area contributed by atoms with E-state index in [1.807, 2.05) is 17.5 Å². The SMILES string of the molecule is Cc1c(C(=O)NCc2cccs2)oc2ccc(F)cc12. The highest BCUT2D eigenvalue weighted by molar-refractivity contribution is 7.09. The number of rotatable bonds is 3. The molecule has 20 heavy (non-hydrogen) atoms. The predicted octanol–water partition coefficient (Wildman–Crippen LogP) is 3.87. The highest BCUT2D eigenvalue weighted by Crippen LogP contribution is 2.26. The normalized spacial score (nSPS) is 10.9. The molecule has 0 radical (unpaired) electrons. The number of halogens is 1. The molecule has 3 nitrogen and oxygen atoms in total. The van der Waals surface area contributed by atoms with Crippen LogP contribution in [0.15, 0.2) is 40.1 Å². The van der Waals surface area contributed by atoms with Crippen molar-refractivity contribution in [3.63, 3.8) is 0 Å². The molecule has 0 aliphatic carbocycles. The molecule has 0 saturated carbocycles. The number of thiophene rings is 1. The Kier molecular flexibility index (Phi) is 3.28. The van der Waals surface area contributed by atoms with Gasteiger partial charge in [-0.05, 0) is 36.6 Å². The first-order chi connectivity index (χ1) is 9.65. The fourth-order valence-electron chi connectivity index (χ4n) is 2.07. The average molecular weight is 289 g/mol. The quantitative estimate of drug-likeness (QED) is 0.795. The smallest absolute Gasteiger partial charge is 0.287 e. The summed E-state index contributed by atoms with van der Waals surface area (Å²) in [6.45, 7) is 2.21. The number of nitrogens with one attached hydrogen (secondary N) is 1. The largest absolute Gasteiger partial charge is 0.451 e. The number of hydrogen-bond acceptors (Lipinski definition) is 3. The summed E-state index contributed by atoms with van der Waals surface area (Å²) in [6.07, 6.45) is 0. The Hall–Kier alpha value is -2.14. The summed E-state index contributed by atoms with van der Waals surface area (Å²) in [5, 5.41) is 5.39. The molecule has 0 bridgehead atoms. The summed E-state index contributed by atoms with van der Waals surface area (Å²) < 4.78 is 18.7. The zero-order valence-electron chi connectivity index (χ0n) is 10.8. The zero-order chi connectivity index (χ0) is 14.1. The Morgan fingerprint density at radius 3 is 3.00 bits per heavy atom. The van der Waals surface area contributed by atoms with Gasteiger partial charge in [-0.25, -0.2) is 4.39 Å². The Morgan fingerprint density at radius 2 is 2.25 bits per heavy atom. The fraction of sp³-hybridized carbons (Fsp3) is 0.133. The summed E-state index contributed by atoms with van der Waals surface area (Å²) in [5.74, 6) is -0.387. The topological polar surface area (TPSA) is 42.2 Å². The second-order valence-corrected chi connectivity index (χ2v) is 5.49. The van der Waals surface area contributed by atoms with Crippen LogP contribution < -0.4 is 5.32 Å². The van der Waals surface area contributed by atoms with E-state index in [4.69, 9.17) is 4.42 Å². The van der Waals surface area contributed by atoms with E-state index in [0.717, 1.165) is 4.88 Å². The Balaban J connectivity index is 1.86. The van der Waals surface area contributed by atoms with Crippen molar-refractivity contribution in [3.8, 4) is 0 Å². The second-order valence-electron chi connectivity index (χ2n) is 4.46. The molecule has 0 unspecified atom stereocenters. The standard InChI is InChI=1S/C15H12FNO2S/c1-9-12-7-10(16)4-5-13(12)19-14(9)15(18)17-8-11-3-2-6-20-11/h2-7H,8H2,1H3,(H,17,18). The van der Waals surface area contributed by atoms with Crippen LogP contribution in [0.3, 0.4) is 0 Å². The molecule has 1 aromatic carbocycles. The molecule has 2 aromatic heterocycles. The molecule has 0 atom stereocenters. The van der Waals surface area contributed by atoms with Crippen molar-refractivity contribution < 1.29 is 13.6 Å². The Labute approximate surface area is 119 Å². The van der Waals surface area contributed by atoms with Gasteiger partial charge in [0.1, 0.15) is 11.4 Å². The minimum atomic E-state index is -0.341. The van der Waals surface area contributed by atoms with Crippen LogP contribution in [0.5, 0.6) is 0 Å². The molecule has 5 heteroatoms. The van der Waals surface area contributed by atoms with Gasteiger partial charge < -0.3 is 9.73 Å². The number of amides is 1. The number of benzene rings is 1. The van der Waals surface area contributed by atoms with E-state index in [-0.39, 0.29) is 17.5 Å². The van der Waals surface area contributed by atoms with E-state index >= 15 is 0 Å². The molecule has 0 spiro atoms. The van der Waals surface area contributed by atoms with Gasteiger partial charge >= 0.3 is 0 Å². The lowest BCUT2D eigenvalue weighted by Gasteiger charge is -2.01. The molecular formula is C15H12FNO2S. The van der Waals surface area contributed by atoms with E-state index in [9.17, 15) is 9.18 Å². The van der Waals surface area contributed by atoms with Crippen molar-refractivity contribution in [1.29, 1.82) is 0 Å². The summed E-state index contributed by atoms with van der Waals surface area (Å²) >= 11 is 1.58. The summed E-state index contributed by atoms with van der Waals surface area (Å²) in [7, 11) is 0. The van der Waals surface area contributed by atoms with Crippen molar-refractivity contribution in [2.45, 2.75) is 13.5 Å². The molecule has 0 aliphatic rings. The molecule has 1 amide bonds. The van der Waals surface area contributed by atoms with Crippen LogP contribution in [0.1, 0.15) is 21.0 Å². The van der Waals surface area contributed by atoms with Crippen LogP contribution in [-0.2, 0) is 6.54 Å². The maximum absolute atomic E-state index is 13.2. The second kappa shape index (κ2) is 5.09. The number of aryl methyl sites for hydroxylation is 1. The molecular weight excluding hydrogens is 277 g/mol. The zero-order valence-corrected chi connectivity index (χ0v) is 11.6. The maximum atomic E-state index is 13.2. The van der Waals surface area contributed by atoms with E-state index in [0.29, 0.717) is 23.1 Å². The van der Waals surface area contributed by atoms with Gasteiger partial charge in [-0.2, -0.15) is 0 Å². The highest BCUT2D eigenvalue weighted by Gasteiger charge is 2.17. The van der Waals surface area contributed by atoms with E-state index in [1.54, 1.807) is 18.3 Å². The van der Waals surface area contributed by atoms with Gasteiger partial charge in [0, 0.05) is 15.8 Å². The van der Waals surface area contributed by atoms with Crippen LogP contribution >= 0.6 is 11.3 Å². The minimum absolute atomic E-state index is 0.238. The summed E-state index contributed by atoms with van der Waals surface area (Å²) in [4.78, 5) is 13.2. The van der Waals surface area contributed by atoms with Crippen molar-refractivity contribution in [3.05, 3.63) is 57.7 Å². The summed E-state index contributed by atoms with van der Waals surface area (Å²) in [5.41, 5.74) is 1.17. The first-order valence-electron chi connectivity index (χ1n) is 6.14. The lowest BCUT2D eigenvalue weighted by Crippen LogP contribution is -2.22. The Morgan fingerprint density at radius 1 is 1.40 bits per heavy atom. The van der Waals surface area contributed by atoms with Gasteiger partial charge in [0.15, 0.2) is 5.76 Å². The van der Waals surface area contributed by atoms with E-state index in [2.05, 4.69) is 5.32 Å². The van der Waals surface area contributed by atoms with Crippen molar-refractivity contribution >= 4 is 28.2 Å². The Bertz CT molecular complexity index is 762. The third-order valence-electron chi connectivity index (χ3n) is 3.11. The van der Waals surface area contributed by atoms with Gasteiger partial charge in [0.05, 0.1) is 6.54 Å². The first-order valence-corrected chi connectivity index (χ1v) is 7.02. The molecule has 0 fully saturated rings. The number of fused-ring (bicyclic) bond motifs is 1. The van der Waals surface area contributed by atoms with Crippen molar-refractivity contribution in [2.75, 3.05) is 0 Å². The molecule has 0 saturated heterocycles. The molecule has 102 valence electrons. The van der Waals surface area contributed by atoms with Gasteiger partial charge in [-0.1, -0.05) is 6.07 Å². The number of hydrogen-bond donors (Lipinski definition) is 1. The van der Waals surface area contributed by atoms with Gasteiger partial charge in [0.2, 0.25) is 0 Å². The molecule has 3 aromatic rings. The van der Waals surface area contributed by atoms with Gasteiger partial charge in [0.25, 0.3) is 5.91 Å². The van der Waals surface area contributed by atoms with E-state index < -0.39 is 0 Å². The molecule has 3 rings (SSSR count). The van der Waals surface area contributed by atoms with Gasteiger partial charge in [-0.15, -0.1) is 11.3 Å². The monoisotopic (exact) mass is 289 g/mol. The van der Waals surface area contributed by atoms with Gasteiger partial charge in [-0.3, -0.25) is 4.79 Å². The van der Waals surface area contributed by atoms with Crippen LogP contribution in [0.4, 0.5) is 4.39 Å². The number of furan rings is 1. The fourth-order valence-corrected chi connectivity index (χ4v) is 2.72. The summed E-state index contributed by atoms with van der Waals surface area (Å²) in [6, 6.07) is 8.11. The van der Waals surface area contributed by atoms with Crippen molar-refractivity contribution in [1.82, 2.24) is 5.32 Å². The third kappa shape index (κ3) is 2.32. The van der Waals surface area contributed by atoms with Crippen LogP contribution in [-0.4, -0.2) is 5.91 Å². The molecule has 1 N–H and O–H groups in total. The number of carbonyl (C=O) groups excluding carboxylic acids is 1. The van der Waals surface area contributed by atoms with Crippen LogP contribution in [0, 0.1) is 12.7 Å². The molecule has 0 aliphatic heterocycles. The highest BCUT2D eigenvalue weighted by atomic mass is 32.1. The average Bonchev–Trinajstić information content (AvgIpc) is 3.05. The maximum Gasteiger partial charge on any atom is 0.287 e. The first kappa shape index (κ1) is 12.9. The van der Waals surface area contributed by atoms with Crippen LogP contribution in [0.25, 0.3) is 11.0 Å². The van der Waals surface area contributed by atoms with E-state index in [1.165, 1.54) is 18.2 Å². The number of carbonyl (C=O) groups is 1. The minimum Gasteiger partial charge on any atom is -0.451 e. The molecule has 2 heterocycles. The lowest BCUT2D eigenvalue weighted by molar-refractivity contribution is 0.0925. The van der Waals surface area contributed by atoms with Crippen molar-refractivity contribution in [2.24, 2.45) is 0 Å². The van der Waals surface area contributed by atoms with Crippen LogP contribution in [0.2, 0.25) is 0 Å².